The van der Waals surface area contributed by atoms with Gasteiger partial charge in [0.05, 0.1) is 29.7 Å². The minimum Gasteiger partial charge on any atom is -0.434 e. The second-order valence-electron chi connectivity index (χ2n) is 6.69. The molecular weight excluding hydrogens is 323 g/mol. The van der Waals surface area contributed by atoms with Crippen LogP contribution in [0.1, 0.15) is 38.4 Å². The number of aromatic nitrogens is 2. The number of benzene rings is 1. The number of likely N-dealkylation sites (tertiary alicyclic amines) is 1. The molecule has 0 saturated carbocycles. The van der Waals surface area contributed by atoms with Crippen LogP contribution in [0.15, 0.2) is 36.7 Å². The van der Waals surface area contributed by atoms with Crippen molar-refractivity contribution >= 4 is 5.91 Å². The third kappa shape index (κ3) is 3.76. The maximum atomic E-state index is 13.7. The number of hydrogen-bond acceptors (Lipinski definition) is 5. The number of ether oxygens (including phenoxy) is 1. The van der Waals surface area contributed by atoms with Crippen molar-refractivity contribution in [2.24, 2.45) is 5.73 Å². The molecule has 1 fully saturated rings. The van der Waals surface area contributed by atoms with Gasteiger partial charge >= 0.3 is 0 Å². The lowest BCUT2D eigenvalue weighted by atomic mass is 10.0. The molecule has 2 heterocycles. The summed E-state index contributed by atoms with van der Waals surface area (Å²) in [5, 5.41) is 0. The fourth-order valence-electron chi connectivity index (χ4n) is 2.90. The molecule has 1 aliphatic rings. The Kier molecular flexibility index (Phi) is 4.67. The van der Waals surface area contributed by atoms with Gasteiger partial charge in [-0.05, 0) is 38.8 Å². The molecule has 0 bridgehead atoms. The SMILES string of the molecule is CC(C)(N)C(=O)N1CCC[C@@H]1c1cncc(Oc2ccccc2F)n1. The van der Waals surface area contributed by atoms with Crippen molar-refractivity contribution < 1.29 is 13.9 Å². The summed E-state index contributed by atoms with van der Waals surface area (Å²) in [5.74, 6) is -0.334. The van der Waals surface area contributed by atoms with E-state index in [-0.39, 0.29) is 23.6 Å². The van der Waals surface area contributed by atoms with E-state index in [0.717, 1.165) is 12.8 Å². The average Bonchev–Trinajstić information content (AvgIpc) is 3.05. The topological polar surface area (TPSA) is 81.3 Å². The zero-order valence-electron chi connectivity index (χ0n) is 14.3. The second-order valence-corrected chi connectivity index (χ2v) is 6.69. The predicted molar refractivity (Wildman–Crippen MR) is 90.5 cm³/mol. The Bertz CT molecular complexity index is 776. The molecule has 2 N–H and O–H groups in total. The number of carbonyl (C=O) groups excluding carboxylic acids is 1. The quantitative estimate of drug-likeness (QED) is 0.922. The van der Waals surface area contributed by atoms with Crippen LogP contribution in [0.2, 0.25) is 0 Å². The van der Waals surface area contributed by atoms with Gasteiger partial charge < -0.3 is 15.4 Å². The molecule has 132 valence electrons. The van der Waals surface area contributed by atoms with Crippen molar-refractivity contribution in [3.63, 3.8) is 0 Å². The summed E-state index contributed by atoms with van der Waals surface area (Å²) in [6, 6.07) is 5.89. The Morgan fingerprint density at radius 2 is 2.12 bits per heavy atom. The summed E-state index contributed by atoms with van der Waals surface area (Å²) in [6.07, 6.45) is 4.67. The molecule has 0 spiro atoms. The Morgan fingerprint density at radius 3 is 2.84 bits per heavy atom. The van der Waals surface area contributed by atoms with E-state index < -0.39 is 11.4 Å². The van der Waals surface area contributed by atoms with Crippen molar-refractivity contribution in [1.82, 2.24) is 14.9 Å². The molecule has 1 amide bonds. The number of carbonyl (C=O) groups is 1. The Labute approximate surface area is 145 Å². The Balaban J connectivity index is 1.83. The highest BCUT2D eigenvalue weighted by atomic mass is 19.1. The maximum absolute atomic E-state index is 13.7. The molecule has 3 rings (SSSR count). The molecule has 25 heavy (non-hydrogen) atoms. The fraction of sp³-hybridized carbons (Fsp3) is 0.389. The highest BCUT2D eigenvalue weighted by Crippen LogP contribution is 2.33. The maximum Gasteiger partial charge on any atom is 0.242 e. The third-order valence-electron chi connectivity index (χ3n) is 4.09. The van der Waals surface area contributed by atoms with Gasteiger partial charge in [0, 0.05) is 6.54 Å². The predicted octanol–water partition coefficient (Wildman–Crippen LogP) is 2.81. The summed E-state index contributed by atoms with van der Waals surface area (Å²) in [5.41, 5.74) is 5.62. The van der Waals surface area contributed by atoms with Gasteiger partial charge in [0.25, 0.3) is 0 Å². The first-order valence-electron chi connectivity index (χ1n) is 8.20. The standard InChI is InChI=1S/C18H21FN4O2/c1-18(2,20)17(24)23-9-5-7-14(23)13-10-21-11-16(22-13)25-15-8-4-3-6-12(15)19/h3-4,6,8,10-11,14H,5,7,9,20H2,1-2H3/t14-/m1/s1. The van der Waals surface area contributed by atoms with Crippen LogP contribution in [0.3, 0.4) is 0 Å². The van der Waals surface area contributed by atoms with E-state index in [0.29, 0.717) is 12.2 Å². The minimum absolute atomic E-state index is 0.0800. The molecule has 1 aromatic heterocycles. The van der Waals surface area contributed by atoms with Crippen molar-refractivity contribution in [3.8, 4) is 11.6 Å². The number of rotatable bonds is 4. The van der Waals surface area contributed by atoms with Crippen molar-refractivity contribution in [2.45, 2.75) is 38.3 Å². The Morgan fingerprint density at radius 1 is 1.36 bits per heavy atom. The molecule has 2 aromatic rings. The van der Waals surface area contributed by atoms with Crippen LogP contribution < -0.4 is 10.5 Å². The molecule has 1 aliphatic heterocycles. The van der Waals surface area contributed by atoms with E-state index in [1.54, 1.807) is 37.1 Å². The first-order chi connectivity index (χ1) is 11.9. The smallest absolute Gasteiger partial charge is 0.242 e. The van der Waals surface area contributed by atoms with Gasteiger partial charge in [-0.15, -0.1) is 0 Å². The van der Waals surface area contributed by atoms with E-state index in [9.17, 15) is 9.18 Å². The highest BCUT2D eigenvalue weighted by Gasteiger charge is 2.37. The zero-order chi connectivity index (χ0) is 18.0. The zero-order valence-corrected chi connectivity index (χ0v) is 14.3. The Hall–Kier alpha value is -2.54. The number of nitrogens with zero attached hydrogens (tertiary/aromatic N) is 3. The van der Waals surface area contributed by atoms with Gasteiger partial charge in [-0.25, -0.2) is 9.37 Å². The van der Waals surface area contributed by atoms with Gasteiger partial charge in [-0.2, -0.15) is 0 Å². The number of halogens is 1. The van der Waals surface area contributed by atoms with Crippen LogP contribution in [-0.2, 0) is 4.79 Å². The molecule has 6 nitrogen and oxygen atoms in total. The average molecular weight is 344 g/mol. The van der Waals surface area contributed by atoms with Crippen LogP contribution in [0.5, 0.6) is 11.6 Å². The molecule has 0 radical (unpaired) electrons. The van der Waals surface area contributed by atoms with E-state index in [1.165, 1.54) is 18.3 Å². The van der Waals surface area contributed by atoms with Crippen LogP contribution in [0, 0.1) is 5.82 Å². The molecule has 0 aliphatic carbocycles. The first kappa shape index (κ1) is 17.3. The molecule has 1 aromatic carbocycles. The van der Waals surface area contributed by atoms with Crippen LogP contribution in [0.25, 0.3) is 0 Å². The van der Waals surface area contributed by atoms with Gasteiger partial charge in [-0.3, -0.25) is 9.78 Å². The summed E-state index contributed by atoms with van der Waals surface area (Å²) in [6.45, 7) is 4.01. The summed E-state index contributed by atoms with van der Waals surface area (Å²) >= 11 is 0. The summed E-state index contributed by atoms with van der Waals surface area (Å²) in [4.78, 5) is 22.8. The normalized spacial score (nSPS) is 17.6. The minimum atomic E-state index is -0.947. The van der Waals surface area contributed by atoms with E-state index in [1.807, 2.05) is 0 Å². The largest absolute Gasteiger partial charge is 0.434 e. The van der Waals surface area contributed by atoms with Crippen molar-refractivity contribution in [3.05, 3.63) is 48.2 Å². The van der Waals surface area contributed by atoms with Crippen molar-refractivity contribution in [1.29, 1.82) is 0 Å². The van der Waals surface area contributed by atoms with Gasteiger partial charge in [0.2, 0.25) is 11.8 Å². The van der Waals surface area contributed by atoms with E-state index >= 15 is 0 Å². The highest BCUT2D eigenvalue weighted by molar-refractivity contribution is 5.85. The van der Waals surface area contributed by atoms with Crippen LogP contribution in [-0.4, -0.2) is 32.9 Å². The van der Waals surface area contributed by atoms with Crippen LogP contribution >= 0.6 is 0 Å². The van der Waals surface area contributed by atoms with E-state index in [4.69, 9.17) is 10.5 Å². The molecule has 7 heteroatoms. The summed E-state index contributed by atoms with van der Waals surface area (Å²) < 4.78 is 19.2. The second kappa shape index (κ2) is 6.76. The van der Waals surface area contributed by atoms with Gasteiger partial charge in [0.15, 0.2) is 11.6 Å². The molecule has 1 atom stereocenters. The summed E-state index contributed by atoms with van der Waals surface area (Å²) in [7, 11) is 0. The monoisotopic (exact) mass is 344 g/mol. The lowest BCUT2D eigenvalue weighted by molar-refractivity contribution is -0.136. The van der Waals surface area contributed by atoms with Crippen molar-refractivity contribution in [2.75, 3.05) is 6.54 Å². The first-order valence-corrected chi connectivity index (χ1v) is 8.20. The third-order valence-corrected chi connectivity index (χ3v) is 4.09. The lowest BCUT2D eigenvalue weighted by Gasteiger charge is -2.30. The lowest BCUT2D eigenvalue weighted by Crippen LogP contribution is -2.50. The van der Waals surface area contributed by atoms with Crippen LogP contribution in [0.4, 0.5) is 4.39 Å². The number of amides is 1. The fourth-order valence-corrected chi connectivity index (χ4v) is 2.90. The molecule has 0 unspecified atom stereocenters. The molecule has 1 saturated heterocycles. The van der Waals surface area contributed by atoms with Gasteiger partial charge in [0.1, 0.15) is 0 Å². The molecular formula is C18H21FN4O2. The van der Waals surface area contributed by atoms with E-state index in [2.05, 4.69) is 9.97 Å². The number of hydrogen-bond donors (Lipinski definition) is 1. The van der Waals surface area contributed by atoms with Gasteiger partial charge in [-0.1, -0.05) is 12.1 Å². The number of nitrogens with two attached hydrogens (primary N) is 1. The number of para-hydroxylation sites is 1.